The molecule has 0 aromatic heterocycles. The van der Waals surface area contributed by atoms with Crippen LogP contribution in [0.3, 0.4) is 0 Å². The van der Waals surface area contributed by atoms with Crippen molar-refractivity contribution >= 4 is 11.8 Å². The molecule has 0 unspecified atom stereocenters. The minimum absolute atomic E-state index is 0.138. The number of β-lactam (4-membered cyclic amide) rings is 1. The van der Waals surface area contributed by atoms with E-state index >= 15 is 0 Å². The van der Waals surface area contributed by atoms with Gasteiger partial charge in [0, 0.05) is 12.1 Å². The Bertz CT molecular complexity index is 545. The van der Waals surface area contributed by atoms with E-state index < -0.39 is 35.6 Å². The maximum absolute atomic E-state index is 12.5. The van der Waals surface area contributed by atoms with E-state index in [0.29, 0.717) is 0 Å². The molecule has 0 saturated carbocycles. The standard InChI is InChI=1S/C12H12F3N3O2/c13-12(14,15)7-3-1-2-6(4-7)10(19)18-9-8(5-16)17-11(9)20/h1-4,8-9H,5,16H2,(H,17,20)(H,18,19)/t8-,9+/m1/s1. The molecule has 0 spiro atoms. The summed E-state index contributed by atoms with van der Waals surface area (Å²) in [6.45, 7) is 0.138. The third kappa shape index (κ3) is 2.74. The Morgan fingerprint density at radius 1 is 1.40 bits per heavy atom. The van der Waals surface area contributed by atoms with Crippen LogP contribution in [0.5, 0.6) is 0 Å². The summed E-state index contributed by atoms with van der Waals surface area (Å²) < 4.78 is 37.6. The Morgan fingerprint density at radius 2 is 2.10 bits per heavy atom. The van der Waals surface area contributed by atoms with Crippen LogP contribution in [0.2, 0.25) is 0 Å². The fourth-order valence-corrected chi connectivity index (χ4v) is 1.86. The van der Waals surface area contributed by atoms with E-state index in [9.17, 15) is 22.8 Å². The first-order valence-corrected chi connectivity index (χ1v) is 5.81. The van der Waals surface area contributed by atoms with Crippen LogP contribution in [0.15, 0.2) is 24.3 Å². The summed E-state index contributed by atoms with van der Waals surface area (Å²) in [7, 11) is 0. The van der Waals surface area contributed by atoms with E-state index in [4.69, 9.17) is 5.73 Å². The molecule has 0 aliphatic carbocycles. The Labute approximate surface area is 112 Å². The molecule has 2 atom stereocenters. The Morgan fingerprint density at radius 3 is 2.65 bits per heavy atom. The van der Waals surface area contributed by atoms with Gasteiger partial charge in [0.2, 0.25) is 5.91 Å². The van der Waals surface area contributed by atoms with Gasteiger partial charge in [-0.3, -0.25) is 9.59 Å². The normalized spacial score (nSPS) is 21.9. The molecule has 1 aliphatic heterocycles. The van der Waals surface area contributed by atoms with Crippen molar-refractivity contribution in [2.24, 2.45) is 5.73 Å². The number of carbonyl (C=O) groups excluding carboxylic acids is 2. The lowest BCUT2D eigenvalue weighted by atomic mass is 9.98. The van der Waals surface area contributed by atoms with Crippen LogP contribution in [0.1, 0.15) is 15.9 Å². The second-order valence-corrected chi connectivity index (χ2v) is 4.38. The number of nitrogens with two attached hydrogens (primary N) is 1. The van der Waals surface area contributed by atoms with Crippen molar-refractivity contribution in [2.45, 2.75) is 18.3 Å². The van der Waals surface area contributed by atoms with Gasteiger partial charge in [0.1, 0.15) is 6.04 Å². The number of nitrogens with one attached hydrogen (secondary N) is 2. The highest BCUT2D eigenvalue weighted by Gasteiger charge is 2.39. The largest absolute Gasteiger partial charge is 0.416 e. The molecule has 0 radical (unpaired) electrons. The van der Waals surface area contributed by atoms with Gasteiger partial charge in [-0.1, -0.05) is 6.07 Å². The zero-order valence-corrected chi connectivity index (χ0v) is 10.2. The monoisotopic (exact) mass is 287 g/mol. The number of carbonyl (C=O) groups is 2. The van der Waals surface area contributed by atoms with E-state index in [1.54, 1.807) is 0 Å². The van der Waals surface area contributed by atoms with Gasteiger partial charge in [0.25, 0.3) is 5.91 Å². The van der Waals surface area contributed by atoms with Crippen molar-refractivity contribution in [2.75, 3.05) is 6.54 Å². The number of hydrogen-bond donors (Lipinski definition) is 3. The molecule has 1 saturated heterocycles. The summed E-state index contributed by atoms with van der Waals surface area (Å²) in [5.41, 5.74) is 4.29. The van der Waals surface area contributed by atoms with Crippen molar-refractivity contribution < 1.29 is 22.8 Å². The van der Waals surface area contributed by atoms with Gasteiger partial charge in [-0.15, -0.1) is 0 Å². The van der Waals surface area contributed by atoms with Crippen molar-refractivity contribution in [3.8, 4) is 0 Å². The molecular weight excluding hydrogens is 275 g/mol. The zero-order chi connectivity index (χ0) is 14.9. The van der Waals surface area contributed by atoms with Crippen LogP contribution in [-0.4, -0.2) is 30.4 Å². The van der Waals surface area contributed by atoms with E-state index in [-0.39, 0.29) is 12.1 Å². The minimum atomic E-state index is -4.52. The average Bonchev–Trinajstić information content (AvgIpc) is 2.41. The zero-order valence-electron chi connectivity index (χ0n) is 10.2. The van der Waals surface area contributed by atoms with Crippen molar-refractivity contribution in [1.29, 1.82) is 0 Å². The molecule has 5 nitrogen and oxygen atoms in total. The van der Waals surface area contributed by atoms with Crippen LogP contribution in [0.4, 0.5) is 13.2 Å². The summed E-state index contributed by atoms with van der Waals surface area (Å²) in [6, 6.07) is 2.80. The summed E-state index contributed by atoms with van der Waals surface area (Å²) in [5.74, 6) is -1.14. The second kappa shape index (κ2) is 5.12. The first kappa shape index (κ1) is 14.3. The highest BCUT2D eigenvalue weighted by atomic mass is 19.4. The number of amides is 2. The van der Waals surface area contributed by atoms with Crippen LogP contribution < -0.4 is 16.4 Å². The predicted octanol–water partition coefficient (Wildman–Crippen LogP) is 0.261. The third-order valence-electron chi connectivity index (χ3n) is 3.01. The van der Waals surface area contributed by atoms with Gasteiger partial charge < -0.3 is 16.4 Å². The Hall–Kier alpha value is -2.09. The van der Waals surface area contributed by atoms with Crippen LogP contribution in [0, 0.1) is 0 Å². The van der Waals surface area contributed by atoms with Gasteiger partial charge in [-0.25, -0.2) is 0 Å². The maximum Gasteiger partial charge on any atom is 0.416 e. The van der Waals surface area contributed by atoms with Gasteiger partial charge in [-0.2, -0.15) is 13.2 Å². The first-order chi connectivity index (χ1) is 9.32. The number of halogens is 3. The molecule has 1 fully saturated rings. The molecule has 8 heteroatoms. The van der Waals surface area contributed by atoms with Gasteiger partial charge in [0.05, 0.1) is 11.6 Å². The number of benzene rings is 1. The molecule has 1 heterocycles. The fraction of sp³-hybridized carbons (Fsp3) is 0.333. The smallest absolute Gasteiger partial charge is 0.348 e. The number of alkyl halides is 3. The molecular formula is C12H12F3N3O2. The van der Waals surface area contributed by atoms with Crippen LogP contribution >= 0.6 is 0 Å². The van der Waals surface area contributed by atoms with Crippen molar-refractivity contribution in [1.82, 2.24) is 10.6 Å². The van der Waals surface area contributed by atoms with E-state index in [1.807, 2.05) is 0 Å². The molecule has 20 heavy (non-hydrogen) atoms. The number of hydrogen-bond acceptors (Lipinski definition) is 3. The molecule has 2 rings (SSSR count). The molecule has 1 aliphatic rings. The summed E-state index contributed by atoms with van der Waals surface area (Å²) in [6.07, 6.45) is -4.52. The topological polar surface area (TPSA) is 84.2 Å². The lowest BCUT2D eigenvalue weighted by molar-refractivity contribution is -0.137. The summed E-state index contributed by atoms with van der Waals surface area (Å²) >= 11 is 0. The second-order valence-electron chi connectivity index (χ2n) is 4.38. The maximum atomic E-state index is 12.5. The van der Waals surface area contributed by atoms with Gasteiger partial charge in [0.15, 0.2) is 0 Å². The Balaban J connectivity index is 2.12. The van der Waals surface area contributed by atoms with Gasteiger partial charge >= 0.3 is 6.18 Å². The van der Waals surface area contributed by atoms with E-state index in [2.05, 4.69) is 10.6 Å². The van der Waals surface area contributed by atoms with Crippen molar-refractivity contribution in [3.05, 3.63) is 35.4 Å². The van der Waals surface area contributed by atoms with E-state index in [0.717, 1.165) is 18.2 Å². The third-order valence-corrected chi connectivity index (χ3v) is 3.01. The van der Waals surface area contributed by atoms with Crippen LogP contribution in [-0.2, 0) is 11.0 Å². The minimum Gasteiger partial charge on any atom is -0.348 e. The molecule has 0 bridgehead atoms. The lowest BCUT2D eigenvalue weighted by Gasteiger charge is -2.36. The summed E-state index contributed by atoms with van der Waals surface area (Å²) in [4.78, 5) is 23.1. The molecule has 2 amide bonds. The molecule has 4 N–H and O–H groups in total. The van der Waals surface area contributed by atoms with Crippen LogP contribution in [0.25, 0.3) is 0 Å². The lowest BCUT2D eigenvalue weighted by Crippen LogP contribution is -2.71. The number of rotatable bonds is 3. The molecule has 1 aromatic rings. The highest BCUT2D eigenvalue weighted by molar-refractivity contribution is 6.00. The molecule has 108 valence electrons. The SMILES string of the molecule is NC[C@H]1NC(=O)[C@H]1NC(=O)c1cccc(C(F)(F)F)c1. The van der Waals surface area contributed by atoms with E-state index in [1.165, 1.54) is 6.07 Å². The quantitative estimate of drug-likeness (QED) is 0.697. The Kier molecular flexibility index (Phi) is 3.67. The fourth-order valence-electron chi connectivity index (χ4n) is 1.86. The highest BCUT2D eigenvalue weighted by Crippen LogP contribution is 2.29. The molecule has 1 aromatic carbocycles. The average molecular weight is 287 g/mol. The van der Waals surface area contributed by atoms with Crippen molar-refractivity contribution in [3.63, 3.8) is 0 Å². The summed E-state index contributed by atoms with van der Waals surface area (Å²) in [5, 5.41) is 4.84. The predicted molar refractivity (Wildman–Crippen MR) is 63.7 cm³/mol. The van der Waals surface area contributed by atoms with Gasteiger partial charge in [-0.05, 0) is 18.2 Å². The first-order valence-electron chi connectivity index (χ1n) is 5.81.